The number of aryl methyl sites for hydroxylation is 2. The molecular formula is C14H17NO4. The molecular weight excluding hydrogens is 246 g/mol. The van der Waals surface area contributed by atoms with Crippen LogP contribution >= 0.6 is 0 Å². The number of carbonyl (C=O) groups is 2. The molecule has 0 aliphatic carbocycles. The summed E-state index contributed by atoms with van der Waals surface area (Å²) in [5.74, 6) is -1.10. The summed E-state index contributed by atoms with van der Waals surface area (Å²) in [6, 6.07) is 5.48. The van der Waals surface area contributed by atoms with E-state index in [4.69, 9.17) is 9.84 Å². The molecule has 0 unspecified atom stereocenters. The van der Waals surface area contributed by atoms with E-state index < -0.39 is 18.6 Å². The number of hydrogen-bond acceptors (Lipinski definition) is 3. The predicted molar refractivity (Wildman–Crippen MR) is 72.4 cm³/mol. The second-order valence-electron chi connectivity index (χ2n) is 4.09. The largest absolute Gasteiger partial charge is 0.480 e. The van der Waals surface area contributed by atoms with Crippen LogP contribution in [0.1, 0.15) is 11.1 Å². The van der Waals surface area contributed by atoms with Crippen molar-refractivity contribution in [2.45, 2.75) is 13.8 Å². The molecule has 5 heteroatoms. The molecule has 0 aromatic heterocycles. The van der Waals surface area contributed by atoms with Crippen LogP contribution in [-0.2, 0) is 9.53 Å². The first-order valence-corrected chi connectivity index (χ1v) is 5.80. The Morgan fingerprint density at radius 1 is 1.37 bits per heavy atom. The van der Waals surface area contributed by atoms with Crippen LogP contribution in [0.4, 0.5) is 10.5 Å². The first-order chi connectivity index (χ1) is 8.97. The Balaban J connectivity index is 3.12. The number of nitrogens with zero attached hydrogens (tertiary/aromatic N) is 1. The average Bonchev–Trinajstić information content (AvgIpc) is 2.34. The fourth-order valence-corrected chi connectivity index (χ4v) is 1.81. The first-order valence-electron chi connectivity index (χ1n) is 5.80. The summed E-state index contributed by atoms with van der Waals surface area (Å²) in [5, 5.41) is 8.93. The maximum atomic E-state index is 11.9. The van der Waals surface area contributed by atoms with E-state index in [-0.39, 0.29) is 6.61 Å². The van der Waals surface area contributed by atoms with Crippen LogP contribution in [0.15, 0.2) is 30.9 Å². The molecule has 1 N–H and O–H groups in total. The number of amides is 1. The minimum absolute atomic E-state index is 0.0415. The van der Waals surface area contributed by atoms with E-state index >= 15 is 0 Å². The molecule has 0 spiro atoms. The molecule has 1 aromatic rings. The number of carboxylic acid groups (broad SMARTS) is 1. The molecule has 0 atom stereocenters. The van der Waals surface area contributed by atoms with Crippen LogP contribution in [-0.4, -0.2) is 30.3 Å². The van der Waals surface area contributed by atoms with Gasteiger partial charge in [-0.3, -0.25) is 9.69 Å². The topological polar surface area (TPSA) is 66.8 Å². The zero-order valence-corrected chi connectivity index (χ0v) is 11.0. The van der Waals surface area contributed by atoms with Crippen molar-refractivity contribution >= 4 is 17.7 Å². The third-order valence-corrected chi connectivity index (χ3v) is 2.55. The van der Waals surface area contributed by atoms with E-state index in [2.05, 4.69) is 6.58 Å². The molecule has 1 rings (SSSR count). The third kappa shape index (κ3) is 3.84. The Hall–Kier alpha value is -2.30. The summed E-state index contributed by atoms with van der Waals surface area (Å²) in [4.78, 5) is 24.0. The van der Waals surface area contributed by atoms with Gasteiger partial charge in [0.05, 0.1) is 5.69 Å². The van der Waals surface area contributed by atoms with Crippen molar-refractivity contribution in [1.82, 2.24) is 0 Å². The normalized spacial score (nSPS) is 9.79. The van der Waals surface area contributed by atoms with Gasteiger partial charge in [0.15, 0.2) is 0 Å². The van der Waals surface area contributed by atoms with Gasteiger partial charge in [-0.05, 0) is 25.0 Å². The van der Waals surface area contributed by atoms with Gasteiger partial charge in [0.2, 0.25) is 0 Å². The van der Waals surface area contributed by atoms with Crippen LogP contribution in [0, 0.1) is 13.8 Å². The Bertz CT molecular complexity index is 476. The summed E-state index contributed by atoms with van der Waals surface area (Å²) in [5.41, 5.74) is 2.20. The van der Waals surface area contributed by atoms with Crippen LogP contribution in [0.3, 0.4) is 0 Å². The highest BCUT2D eigenvalue weighted by atomic mass is 16.6. The first kappa shape index (κ1) is 14.8. The van der Waals surface area contributed by atoms with Crippen LogP contribution in [0.2, 0.25) is 0 Å². The summed E-state index contributed by atoms with van der Waals surface area (Å²) in [6.07, 6.45) is 0.737. The van der Waals surface area contributed by atoms with Crippen LogP contribution in [0.25, 0.3) is 0 Å². The van der Waals surface area contributed by atoms with Crippen LogP contribution in [0.5, 0.6) is 0 Å². The number of aliphatic carboxylic acids is 1. The number of carboxylic acids is 1. The Kier molecular flexibility index (Phi) is 5.11. The van der Waals surface area contributed by atoms with Gasteiger partial charge in [-0.25, -0.2) is 4.79 Å². The number of anilines is 1. The lowest BCUT2D eigenvalue weighted by atomic mass is 10.1. The Morgan fingerprint density at radius 3 is 2.42 bits per heavy atom. The number of carbonyl (C=O) groups excluding carboxylic acids is 1. The van der Waals surface area contributed by atoms with Crippen molar-refractivity contribution < 1.29 is 19.4 Å². The highest BCUT2D eigenvalue weighted by Gasteiger charge is 2.22. The number of benzene rings is 1. The third-order valence-electron chi connectivity index (χ3n) is 2.55. The zero-order chi connectivity index (χ0) is 14.4. The van der Waals surface area contributed by atoms with E-state index in [1.807, 2.05) is 32.0 Å². The van der Waals surface area contributed by atoms with Gasteiger partial charge in [0.25, 0.3) is 0 Å². The highest BCUT2D eigenvalue weighted by molar-refractivity contribution is 5.94. The van der Waals surface area contributed by atoms with Crippen molar-refractivity contribution in [1.29, 1.82) is 0 Å². The molecule has 0 radical (unpaired) electrons. The molecule has 0 saturated carbocycles. The SMILES string of the molecule is C=CCOC(=O)N(CC(=O)O)c1c(C)cccc1C. The second kappa shape index (κ2) is 6.58. The molecule has 1 amide bonds. The molecule has 5 nitrogen and oxygen atoms in total. The fourth-order valence-electron chi connectivity index (χ4n) is 1.81. The van der Waals surface area contributed by atoms with Crippen molar-refractivity contribution in [2.24, 2.45) is 0 Å². The monoisotopic (exact) mass is 263 g/mol. The quantitative estimate of drug-likeness (QED) is 0.829. The maximum Gasteiger partial charge on any atom is 0.415 e. The van der Waals surface area contributed by atoms with Gasteiger partial charge < -0.3 is 9.84 Å². The molecule has 0 aliphatic heterocycles. The summed E-state index contributed by atoms with van der Waals surface area (Å²) >= 11 is 0. The molecule has 0 heterocycles. The molecule has 1 aromatic carbocycles. The number of para-hydroxylation sites is 1. The molecule has 19 heavy (non-hydrogen) atoms. The zero-order valence-electron chi connectivity index (χ0n) is 11.0. The average molecular weight is 263 g/mol. The molecule has 0 bridgehead atoms. The Morgan fingerprint density at radius 2 is 1.95 bits per heavy atom. The van der Waals surface area contributed by atoms with Gasteiger partial charge in [0, 0.05) is 0 Å². The van der Waals surface area contributed by atoms with E-state index in [1.165, 1.54) is 6.08 Å². The molecule has 0 saturated heterocycles. The minimum Gasteiger partial charge on any atom is -0.480 e. The van der Waals surface area contributed by atoms with Crippen molar-refractivity contribution in [3.63, 3.8) is 0 Å². The van der Waals surface area contributed by atoms with Gasteiger partial charge in [-0.1, -0.05) is 30.9 Å². The molecule has 0 aliphatic rings. The summed E-state index contributed by atoms with van der Waals surface area (Å²) < 4.78 is 4.92. The molecule has 0 fully saturated rings. The second-order valence-corrected chi connectivity index (χ2v) is 4.09. The lowest BCUT2D eigenvalue weighted by molar-refractivity contribution is -0.135. The van der Waals surface area contributed by atoms with Gasteiger partial charge >= 0.3 is 12.1 Å². The lowest BCUT2D eigenvalue weighted by Crippen LogP contribution is -2.37. The maximum absolute atomic E-state index is 11.9. The minimum atomic E-state index is -1.10. The predicted octanol–water partition coefficient (Wildman–Crippen LogP) is 2.52. The molecule has 102 valence electrons. The number of rotatable bonds is 5. The summed E-state index contributed by atoms with van der Waals surface area (Å²) in [7, 11) is 0. The van der Waals surface area contributed by atoms with E-state index in [0.717, 1.165) is 16.0 Å². The summed E-state index contributed by atoms with van der Waals surface area (Å²) in [6.45, 7) is 6.68. The van der Waals surface area contributed by atoms with Crippen LogP contribution < -0.4 is 4.90 Å². The van der Waals surface area contributed by atoms with Gasteiger partial charge in [-0.2, -0.15) is 0 Å². The smallest absolute Gasteiger partial charge is 0.415 e. The standard InChI is InChI=1S/C14H17NO4/c1-4-8-19-14(18)15(9-12(16)17)13-10(2)6-5-7-11(13)3/h4-7H,1,8-9H2,2-3H3,(H,16,17). The van der Waals surface area contributed by atoms with E-state index in [1.54, 1.807) is 0 Å². The lowest BCUT2D eigenvalue weighted by Gasteiger charge is -2.23. The number of hydrogen-bond donors (Lipinski definition) is 1. The highest BCUT2D eigenvalue weighted by Crippen LogP contribution is 2.25. The Labute approximate surface area is 112 Å². The van der Waals surface area contributed by atoms with Gasteiger partial charge in [0.1, 0.15) is 13.2 Å². The van der Waals surface area contributed by atoms with E-state index in [0.29, 0.717) is 5.69 Å². The van der Waals surface area contributed by atoms with Gasteiger partial charge in [-0.15, -0.1) is 0 Å². The van der Waals surface area contributed by atoms with Crippen molar-refractivity contribution in [3.8, 4) is 0 Å². The van der Waals surface area contributed by atoms with Crippen molar-refractivity contribution in [2.75, 3.05) is 18.1 Å². The fraction of sp³-hybridized carbons (Fsp3) is 0.286. The van der Waals surface area contributed by atoms with E-state index in [9.17, 15) is 9.59 Å². The number of ether oxygens (including phenoxy) is 1. The van der Waals surface area contributed by atoms with Crippen molar-refractivity contribution in [3.05, 3.63) is 42.0 Å².